The van der Waals surface area contributed by atoms with E-state index in [-0.39, 0.29) is 18.0 Å². The zero-order valence-corrected chi connectivity index (χ0v) is 16.9. The van der Waals surface area contributed by atoms with E-state index in [2.05, 4.69) is 37.4 Å². The molecular formula is C22H36N2O2. The van der Waals surface area contributed by atoms with Crippen molar-refractivity contribution < 1.29 is 9.53 Å². The van der Waals surface area contributed by atoms with Crippen molar-refractivity contribution in [1.82, 2.24) is 9.80 Å². The van der Waals surface area contributed by atoms with Crippen molar-refractivity contribution in [2.24, 2.45) is 23.2 Å². The maximum Gasteiger partial charge on any atom is 0.310 e. The number of rotatable bonds is 3. The molecule has 4 nitrogen and oxygen atoms in total. The van der Waals surface area contributed by atoms with E-state index in [0.717, 1.165) is 32.5 Å². The number of hydrogen-bond donors (Lipinski definition) is 0. The minimum atomic E-state index is 0.0592. The van der Waals surface area contributed by atoms with E-state index >= 15 is 0 Å². The van der Waals surface area contributed by atoms with E-state index in [1.807, 2.05) is 0 Å². The third kappa shape index (κ3) is 3.24. The predicted molar refractivity (Wildman–Crippen MR) is 104 cm³/mol. The lowest BCUT2D eigenvalue weighted by Crippen LogP contribution is -2.47. The van der Waals surface area contributed by atoms with Crippen LogP contribution in [0.1, 0.15) is 51.9 Å². The van der Waals surface area contributed by atoms with Crippen molar-refractivity contribution in [2.45, 2.75) is 64.0 Å². The third-order valence-electron chi connectivity index (χ3n) is 8.12. The number of ether oxygens (including phenoxy) is 1. The van der Waals surface area contributed by atoms with Crippen LogP contribution in [0.4, 0.5) is 0 Å². The van der Waals surface area contributed by atoms with E-state index in [1.165, 1.54) is 37.7 Å². The quantitative estimate of drug-likeness (QED) is 0.571. The Bertz CT molecular complexity index is 568. The maximum atomic E-state index is 12.7. The van der Waals surface area contributed by atoms with Crippen molar-refractivity contribution >= 4 is 5.97 Å². The second kappa shape index (κ2) is 6.94. The van der Waals surface area contributed by atoms with Crippen molar-refractivity contribution in [3.63, 3.8) is 0 Å². The first-order valence-electron chi connectivity index (χ1n) is 10.6. The third-order valence-corrected chi connectivity index (χ3v) is 8.12. The monoisotopic (exact) mass is 360 g/mol. The highest BCUT2D eigenvalue weighted by atomic mass is 16.6. The lowest BCUT2D eigenvalue weighted by Gasteiger charge is -2.50. The van der Waals surface area contributed by atoms with E-state index < -0.39 is 0 Å². The highest BCUT2D eigenvalue weighted by Gasteiger charge is 2.55. The van der Waals surface area contributed by atoms with Crippen LogP contribution in [0.25, 0.3) is 0 Å². The van der Waals surface area contributed by atoms with Gasteiger partial charge in [-0.3, -0.25) is 4.79 Å². The van der Waals surface area contributed by atoms with Crippen molar-refractivity contribution in [3.05, 3.63) is 12.2 Å². The Morgan fingerprint density at radius 2 is 2.08 bits per heavy atom. The molecule has 0 unspecified atom stereocenters. The van der Waals surface area contributed by atoms with Gasteiger partial charge in [0, 0.05) is 18.5 Å². The number of allylic oxidation sites excluding steroid dienone is 1. The van der Waals surface area contributed by atoms with Gasteiger partial charge >= 0.3 is 5.97 Å². The van der Waals surface area contributed by atoms with E-state index in [1.54, 1.807) is 0 Å². The summed E-state index contributed by atoms with van der Waals surface area (Å²) < 4.78 is 5.93. The lowest BCUT2D eigenvalue weighted by atomic mass is 9.55. The van der Waals surface area contributed by atoms with Crippen LogP contribution in [-0.4, -0.2) is 61.6 Å². The van der Waals surface area contributed by atoms with Crippen LogP contribution >= 0.6 is 0 Å². The molecule has 146 valence electrons. The Kier molecular flexibility index (Phi) is 4.94. The Balaban J connectivity index is 1.44. The first kappa shape index (κ1) is 18.5. The zero-order chi connectivity index (χ0) is 18.5. The number of fused-ring (bicyclic) bond motifs is 2. The summed E-state index contributed by atoms with van der Waals surface area (Å²) >= 11 is 0. The second-order valence-corrected chi connectivity index (χ2v) is 9.88. The maximum absolute atomic E-state index is 12.7. The molecule has 4 aliphatic rings. The molecule has 0 aromatic heterocycles. The molecule has 26 heavy (non-hydrogen) atoms. The minimum absolute atomic E-state index is 0.0592. The molecule has 4 rings (SSSR count). The second-order valence-electron chi connectivity index (χ2n) is 9.88. The van der Waals surface area contributed by atoms with Gasteiger partial charge in [-0.2, -0.15) is 0 Å². The van der Waals surface area contributed by atoms with Crippen LogP contribution in [0.15, 0.2) is 12.2 Å². The fraction of sp³-hybridized carbons (Fsp3) is 0.864. The Morgan fingerprint density at radius 1 is 1.35 bits per heavy atom. The molecule has 0 aromatic carbocycles. The molecule has 2 aliphatic heterocycles. The topological polar surface area (TPSA) is 32.8 Å². The summed E-state index contributed by atoms with van der Waals surface area (Å²) in [6.07, 6.45) is 8.40. The summed E-state index contributed by atoms with van der Waals surface area (Å²) in [6, 6.07) is 0.608. The van der Waals surface area contributed by atoms with Gasteiger partial charge in [0.15, 0.2) is 0 Å². The Morgan fingerprint density at radius 3 is 2.81 bits per heavy atom. The van der Waals surface area contributed by atoms with Crippen LogP contribution in [0.2, 0.25) is 0 Å². The smallest absolute Gasteiger partial charge is 0.310 e. The molecule has 2 heterocycles. The molecule has 0 amide bonds. The van der Waals surface area contributed by atoms with Gasteiger partial charge in [0.1, 0.15) is 6.10 Å². The first-order chi connectivity index (χ1) is 12.4. The molecular weight excluding hydrogens is 324 g/mol. The average molecular weight is 361 g/mol. The number of carbonyl (C=O) groups excluding carboxylic acids is 1. The summed E-state index contributed by atoms with van der Waals surface area (Å²) in [5.41, 5.74) is 1.73. The van der Waals surface area contributed by atoms with Gasteiger partial charge in [0.2, 0.25) is 0 Å². The number of esters is 1. The molecule has 2 saturated carbocycles. The van der Waals surface area contributed by atoms with Crippen LogP contribution in [0, 0.1) is 23.2 Å². The highest BCUT2D eigenvalue weighted by Crippen LogP contribution is 2.56. The van der Waals surface area contributed by atoms with Gasteiger partial charge in [-0.15, -0.1) is 0 Å². The molecule has 2 saturated heterocycles. The van der Waals surface area contributed by atoms with Gasteiger partial charge < -0.3 is 14.5 Å². The van der Waals surface area contributed by atoms with Crippen molar-refractivity contribution in [3.8, 4) is 0 Å². The van der Waals surface area contributed by atoms with Crippen LogP contribution < -0.4 is 0 Å². The van der Waals surface area contributed by atoms with Gasteiger partial charge in [-0.1, -0.05) is 19.1 Å². The highest BCUT2D eigenvalue weighted by molar-refractivity contribution is 5.75. The normalized spacial score (nSPS) is 41.8. The summed E-state index contributed by atoms with van der Waals surface area (Å²) in [5.74, 6) is 1.10. The standard InChI is InChI=1S/C22H36N2O2/c1-15-6-5-9-22(2)13-20-17(12-19(15)22)18(21(25)26-20)14-24(4)16-7-10-23(3)11-8-16/h16-20H,1,5-14H2,2-4H3/t17-,18+,19+,20-,22-/m1/s1. The molecule has 4 heteroatoms. The summed E-state index contributed by atoms with van der Waals surface area (Å²) in [6.45, 7) is 10.0. The minimum Gasteiger partial charge on any atom is -0.462 e. The summed E-state index contributed by atoms with van der Waals surface area (Å²) in [7, 11) is 4.41. The number of carbonyl (C=O) groups is 1. The Hall–Kier alpha value is -0.870. The Labute approximate surface area is 158 Å². The number of hydrogen-bond acceptors (Lipinski definition) is 4. The summed E-state index contributed by atoms with van der Waals surface area (Å²) in [5, 5.41) is 0. The first-order valence-corrected chi connectivity index (χ1v) is 10.6. The molecule has 4 fully saturated rings. The number of piperidine rings is 1. The van der Waals surface area contributed by atoms with Gasteiger partial charge in [-0.25, -0.2) is 0 Å². The fourth-order valence-electron chi connectivity index (χ4n) is 6.36. The van der Waals surface area contributed by atoms with E-state index in [4.69, 9.17) is 4.74 Å². The van der Waals surface area contributed by atoms with Crippen LogP contribution in [-0.2, 0) is 9.53 Å². The average Bonchev–Trinajstić information content (AvgIpc) is 2.88. The molecule has 0 bridgehead atoms. The predicted octanol–water partition coefficient (Wildman–Crippen LogP) is 3.33. The lowest BCUT2D eigenvalue weighted by molar-refractivity contribution is -0.146. The van der Waals surface area contributed by atoms with Crippen molar-refractivity contribution in [2.75, 3.05) is 33.7 Å². The van der Waals surface area contributed by atoms with E-state index in [9.17, 15) is 4.79 Å². The number of likely N-dealkylation sites (tertiary alicyclic amines) is 1. The largest absolute Gasteiger partial charge is 0.462 e. The SMILES string of the molecule is C=C1CCC[C@]2(C)C[C@H]3OC(=O)[C@@H](CN(C)C4CCN(C)CC4)[C@H]3C[C@@H]12. The molecule has 0 N–H and O–H groups in total. The van der Waals surface area contributed by atoms with Crippen molar-refractivity contribution in [1.29, 1.82) is 0 Å². The van der Waals surface area contributed by atoms with Crippen LogP contribution in [0.3, 0.4) is 0 Å². The molecule has 5 atom stereocenters. The van der Waals surface area contributed by atoms with Gasteiger partial charge in [0.25, 0.3) is 0 Å². The molecule has 2 aliphatic carbocycles. The number of nitrogens with zero attached hydrogens (tertiary/aromatic N) is 2. The summed E-state index contributed by atoms with van der Waals surface area (Å²) in [4.78, 5) is 17.6. The van der Waals surface area contributed by atoms with Gasteiger partial charge in [0.05, 0.1) is 5.92 Å². The zero-order valence-electron chi connectivity index (χ0n) is 16.9. The molecule has 0 aromatic rings. The van der Waals surface area contributed by atoms with E-state index in [0.29, 0.717) is 23.3 Å². The molecule has 0 radical (unpaired) electrons. The molecule has 0 spiro atoms. The van der Waals surface area contributed by atoms with Crippen LogP contribution in [0.5, 0.6) is 0 Å². The fourth-order valence-corrected chi connectivity index (χ4v) is 6.36. The van der Waals surface area contributed by atoms with Gasteiger partial charge in [-0.05, 0) is 83.5 Å².